The Balaban J connectivity index is 3.29. The van der Waals surface area contributed by atoms with E-state index in [2.05, 4.69) is 21.0 Å². The Kier molecular flexibility index (Phi) is 1.95. The fraction of sp³-hybridized carbons (Fsp3) is 0.200. The van der Waals surface area contributed by atoms with Crippen LogP contribution in [0.5, 0.6) is 0 Å². The topological polar surface area (TPSA) is 55.1 Å². The highest BCUT2D eigenvalue weighted by atomic mass is 79.9. The van der Waals surface area contributed by atoms with Crippen LogP contribution >= 0.6 is 15.9 Å². The molecule has 0 saturated heterocycles. The number of rotatable bonds is 1. The van der Waals surface area contributed by atoms with Crippen LogP contribution in [0.3, 0.4) is 0 Å². The number of carboxylic acids is 1. The van der Waals surface area contributed by atoms with Crippen molar-refractivity contribution in [3.05, 3.63) is 16.1 Å². The number of carbonyl (C=O) groups is 1. The van der Waals surface area contributed by atoms with Crippen molar-refractivity contribution in [1.82, 2.24) is 9.78 Å². The van der Waals surface area contributed by atoms with Gasteiger partial charge >= 0.3 is 5.97 Å². The quantitative estimate of drug-likeness (QED) is 0.773. The van der Waals surface area contributed by atoms with Crippen LogP contribution in [-0.2, 0) is 7.05 Å². The zero-order valence-electron chi connectivity index (χ0n) is 5.51. The first-order chi connectivity index (χ1) is 5.04. The van der Waals surface area contributed by atoms with Gasteiger partial charge in [-0.3, -0.25) is 0 Å². The molecule has 0 saturated carbocycles. The Morgan fingerprint density at radius 3 is 2.55 bits per heavy atom. The molecular weight excluding hydrogens is 219 g/mol. The number of halogens is 2. The lowest BCUT2D eigenvalue weighted by molar-refractivity contribution is 0.0688. The molecular formula is C5H4BrFN2O2. The summed E-state index contributed by atoms with van der Waals surface area (Å²) in [6.07, 6.45) is 0. The first-order valence-corrected chi connectivity index (χ1v) is 3.44. The molecule has 1 rings (SSSR count). The molecule has 0 aliphatic carbocycles. The predicted octanol–water partition coefficient (Wildman–Crippen LogP) is 1.02. The van der Waals surface area contributed by atoms with Crippen LogP contribution in [0.2, 0.25) is 0 Å². The second-order valence-electron chi connectivity index (χ2n) is 1.88. The van der Waals surface area contributed by atoms with Gasteiger partial charge in [0.2, 0.25) is 5.95 Å². The van der Waals surface area contributed by atoms with Gasteiger partial charge in [0.25, 0.3) is 0 Å². The molecule has 60 valence electrons. The summed E-state index contributed by atoms with van der Waals surface area (Å²) in [6, 6.07) is 0. The summed E-state index contributed by atoms with van der Waals surface area (Å²) in [6.45, 7) is 0. The van der Waals surface area contributed by atoms with E-state index >= 15 is 0 Å². The minimum atomic E-state index is -1.25. The van der Waals surface area contributed by atoms with Crippen LogP contribution < -0.4 is 0 Å². The van der Waals surface area contributed by atoms with Gasteiger partial charge in [0.15, 0.2) is 5.69 Å². The van der Waals surface area contributed by atoms with Crippen molar-refractivity contribution in [2.75, 3.05) is 0 Å². The molecule has 0 unspecified atom stereocenters. The number of nitrogens with zero attached hydrogens (tertiary/aromatic N) is 2. The minimum Gasteiger partial charge on any atom is -0.476 e. The Labute approximate surface area is 69.8 Å². The first kappa shape index (κ1) is 8.19. The highest BCUT2D eigenvalue weighted by molar-refractivity contribution is 9.10. The van der Waals surface area contributed by atoms with Crippen molar-refractivity contribution < 1.29 is 14.3 Å². The first-order valence-electron chi connectivity index (χ1n) is 2.65. The van der Waals surface area contributed by atoms with Gasteiger partial charge in [0.1, 0.15) is 4.47 Å². The van der Waals surface area contributed by atoms with Gasteiger partial charge in [-0.05, 0) is 15.9 Å². The van der Waals surface area contributed by atoms with Gasteiger partial charge in [-0.15, -0.1) is 0 Å². The van der Waals surface area contributed by atoms with E-state index < -0.39 is 11.9 Å². The van der Waals surface area contributed by atoms with Crippen LogP contribution in [0, 0.1) is 5.95 Å². The third kappa shape index (κ3) is 1.25. The summed E-state index contributed by atoms with van der Waals surface area (Å²) in [7, 11) is 1.33. The molecule has 4 nitrogen and oxygen atoms in total. The lowest BCUT2D eigenvalue weighted by atomic mass is 10.4. The van der Waals surface area contributed by atoms with Crippen molar-refractivity contribution in [3.63, 3.8) is 0 Å². The van der Waals surface area contributed by atoms with Crippen LogP contribution in [0.1, 0.15) is 10.5 Å². The molecule has 1 aromatic heterocycles. The molecule has 11 heavy (non-hydrogen) atoms. The van der Waals surface area contributed by atoms with E-state index in [-0.39, 0.29) is 10.2 Å². The summed E-state index contributed by atoms with van der Waals surface area (Å²) in [4.78, 5) is 10.3. The number of hydrogen-bond acceptors (Lipinski definition) is 2. The molecule has 1 heterocycles. The van der Waals surface area contributed by atoms with Gasteiger partial charge in [-0.25, -0.2) is 9.48 Å². The maximum Gasteiger partial charge on any atom is 0.357 e. The van der Waals surface area contributed by atoms with E-state index in [1.54, 1.807) is 0 Å². The van der Waals surface area contributed by atoms with Gasteiger partial charge in [0, 0.05) is 7.05 Å². The van der Waals surface area contributed by atoms with E-state index in [0.717, 1.165) is 4.68 Å². The number of aromatic nitrogens is 2. The predicted molar refractivity (Wildman–Crippen MR) is 37.8 cm³/mol. The normalized spacial score (nSPS) is 10.1. The van der Waals surface area contributed by atoms with Crippen molar-refractivity contribution in [2.24, 2.45) is 7.05 Å². The summed E-state index contributed by atoms with van der Waals surface area (Å²) in [5, 5.41) is 11.8. The second-order valence-corrected chi connectivity index (χ2v) is 2.68. The Bertz CT molecular complexity index is 310. The fourth-order valence-electron chi connectivity index (χ4n) is 0.614. The van der Waals surface area contributed by atoms with E-state index in [1.807, 2.05) is 0 Å². The van der Waals surface area contributed by atoms with Crippen molar-refractivity contribution in [1.29, 1.82) is 0 Å². The van der Waals surface area contributed by atoms with Gasteiger partial charge in [-0.2, -0.15) is 9.49 Å². The number of carboxylic acid groups (broad SMARTS) is 1. The average Bonchev–Trinajstić information content (AvgIpc) is 2.17. The molecule has 0 radical (unpaired) electrons. The molecule has 1 N–H and O–H groups in total. The Morgan fingerprint density at radius 1 is 1.82 bits per heavy atom. The summed E-state index contributed by atoms with van der Waals surface area (Å²) < 4.78 is 13.4. The van der Waals surface area contributed by atoms with Gasteiger partial charge in [-0.1, -0.05) is 0 Å². The third-order valence-electron chi connectivity index (χ3n) is 1.13. The SMILES string of the molecule is Cn1nc(C(=O)O)c(Br)c1F. The molecule has 0 spiro atoms. The zero-order chi connectivity index (χ0) is 8.59. The van der Waals surface area contributed by atoms with Crippen molar-refractivity contribution in [3.8, 4) is 0 Å². The largest absolute Gasteiger partial charge is 0.476 e. The molecule has 0 bridgehead atoms. The van der Waals surface area contributed by atoms with Crippen molar-refractivity contribution in [2.45, 2.75) is 0 Å². The maximum absolute atomic E-state index is 12.7. The lowest BCUT2D eigenvalue weighted by Gasteiger charge is -1.84. The monoisotopic (exact) mass is 222 g/mol. The lowest BCUT2D eigenvalue weighted by Crippen LogP contribution is -1.99. The van der Waals surface area contributed by atoms with Crippen LogP contribution in [-0.4, -0.2) is 20.9 Å². The number of aryl methyl sites for hydroxylation is 1. The smallest absolute Gasteiger partial charge is 0.357 e. The molecule has 0 aliphatic rings. The Hall–Kier alpha value is -0.910. The van der Waals surface area contributed by atoms with E-state index in [0.29, 0.717) is 0 Å². The van der Waals surface area contributed by atoms with Crippen LogP contribution in [0.25, 0.3) is 0 Å². The summed E-state index contributed by atoms with van der Waals surface area (Å²) in [5.41, 5.74) is -0.315. The minimum absolute atomic E-state index is 0.118. The molecule has 0 atom stereocenters. The molecule has 1 aromatic rings. The van der Waals surface area contributed by atoms with Gasteiger partial charge < -0.3 is 5.11 Å². The van der Waals surface area contributed by atoms with Crippen LogP contribution in [0.15, 0.2) is 4.47 Å². The fourth-order valence-corrected chi connectivity index (χ4v) is 1.12. The molecule has 6 heteroatoms. The van der Waals surface area contributed by atoms with E-state index in [4.69, 9.17) is 5.11 Å². The molecule has 0 aliphatic heterocycles. The average molecular weight is 223 g/mol. The summed E-state index contributed by atoms with van der Waals surface area (Å²) in [5.74, 6) is -1.95. The highest BCUT2D eigenvalue weighted by Crippen LogP contribution is 2.18. The molecule has 0 fully saturated rings. The molecule has 0 amide bonds. The third-order valence-corrected chi connectivity index (χ3v) is 1.83. The molecule has 0 aromatic carbocycles. The highest BCUT2D eigenvalue weighted by Gasteiger charge is 2.18. The zero-order valence-corrected chi connectivity index (χ0v) is 7.09. The van der Waals surface area contributed by atoms with E-state index in [9.17, 15) is 9.18 Å². The van der Waals surface area contributed by atoms with Gasteiger partial charge in [0.05, 0.1) is 0 Å². The second kappa shape index (κ2) is 2.61. The number of aromatic carboxylic acids is 1. The van der Waals surface area contributed by atoms with E-state index in [1.165, 1.54) is 7.05 Å². The Morgan fingerprint density at radius 2 is 2.36 bits per heavy atom. The van der Waals surface area contributed by atoms with Crippen LogP contribution in [0.4, 0.5) is 4.39 Å². The number of hydrogen-bond donors (Lipinski definition) is 1. The standard InChI is InChI=1S/C5H4BrFN2O2/c1-9-4(7)2(6)3(8-9)5(10)11/h1H3,(H,10,11). The maximum atomic E-state index is 12.7. The van der Waals surface area contributed by atoms with Crippen molar-refractivity contribution >= 4 is 21.9 Å². The summed E-state index contributed by atoms with van der Waals surface area (Å²) >= 11 is 2.76.